The average molecular weight is 203 g/mol. The molecule has 0 amide bonds. The Balaban J connectivity index is 0. The van der Waals surface area contributed by atoms with E-state index >= 15 is 0 Å². The van der Waals surface area contributed by atoms with E-state index in [0.717, 1.165) is 0 Å². The Morgan fingerprint density at radius 1 is 1.57 bits per heavy atom. The summed E-state index contributed by atoms with van der Waals surface area (Å²) < 4.78 is 21.0. The summed E-state index contributed by atoms with van der Waals surface area (Å²) in [6, 6.07) is 0. The fourth-order valence-corrected chi connectivity index (χ4v) is 0. The summed E-state index contributed by atoms with van der Waals surface area (Å²) in [5.74, 6) is -2.32. The molecule has 0 radical (unpaired) electrons. The molecule has 0 atom stereocenters. The minimum atomic E-state index is -3.34. The van der Waals surface area contributed by atoms with Gasteiger partial charge in [0.2, 0.25) is 0 Å². The molecular formula is C2HAgF2O2. The second kappa shape index (κ2) is 4.23. The van der Waals surface area contributed by atoms with E-state index in [9.17, 15) is 8.78 Å². The van der Waals surface area contributed by atoms with Crippen LogP contribution in [0.5, 0.6) is 0 Å². The maximum absolute atomic E-state index is 10.5. The summed E-state index contributed by atoms with van der Waals surface area (Å²) in [6.07, 6.45) is -3.34. The molecule has 0 fully saturated rings. The van der Waals surface area contributed by atoms with Gasteiger partial charge in [-0.25, -0.2) is 8.78 Å². The van der Waals surface area contributed by atoms with Gasteiger partial charge in [-0.1, -0.05) is 0 Å². The summed E-state index contributed by atoms with van der Waals surface area (Å²) in [5.41, 5.74) is 0. The molecule has 0 saturated carbocycles. The van der Waals surface area contributed by atoms with E-state index in [1.807, 2.05) is 0 Å². The number of aliphatic carboxylic acids is 1. The number of alkyl halides is 2. The van der Waals surface area contributed by atoms with E-state index < -0.39 is 12.4 Å². The van der Waals surface area contributed by atoms with Crippen LogP contribution in [0.15, 0.2) is 0 Å². The molecule has 5 heteroatoms. The largest absolute Gasteiger partial charge is 1.00 e. The van der Waals surface area contributed by atoms with Crippen LogP contribution in [0, 0.1) is 0 Å². The number of carboxylic acid groups (broad SMARTS) is 1. The average Bonchev–Trinajstić information content (AvgIpc) is 1.36. The van der Waals surface area contributed by atoms with Crippen molar-refractivity contribution in [3.8, 4) is 0 Å². The molecule has 0 aromatic carbocycles. The van der Waals surface area contributed by atoms with Crippen LogP contribution in [0.1, 0.15) is 0 Å². The van der Waals surface area contributed by atoms with Gasteiger partial charge >= 0.3 is 22.4 Å². The van der Waals surface area contributed by atoms with Crippen molar-refractivity contribution in [2.45, 2.75) is 6.43 Å². The van der Waals surface area contributed by atoms with Crippen LogP contribution in [0.3, 0.4) is 0 Å². The first-order chi connectivity index (χ1) is 2.64. The summed E-state index contributed by atoms with van der Waals surface area (Å²) in [6.45, 7) is 0. The van der Waals surface area contributed by atoms with E-state index in [4.69, 9.17) is 9.90 Å². The first kappa shape index (κ1) is 10.1. The molecule has 0 aliphatic rings. The minimum absolute atomic E-state index is 0. The van der Waals surface area contributed by atoms with Crippen molar-refractivity contribution in [2.24, 2.45) is 0 Å². The number of carbonyl (C=O) groups is 1. The second-order valence-corrected chi connectivity index (χ2v) is 0.620. The Hall–Kier alpha value is 0.0703. The van der Waals surface area contributed by atoms with Crippen molar-refractivity contribution in [2.75, 3.05) is 0 Å². The van der Waals surface area contributed by atoms with Gasteiger partial charge in [0.1, 0.15) is 5.97 Å². The number of rotatable bonds is 1. The van der Waals surface area contributed by atoms with Crippen LogP contribution in [-0.4, -0.2) is 12.4 Å². The Labute approximate surface area is 54.0 Å². The van der Waals surface area contributed by atoms with Gasteiger partial charge in [-0.15, -0.1) is 0 Å². The summed E-state index contributed by atoms with van der Waals surface area (Å²) in [7, 11) is 0. The van der Waals surface area contributed by atoms with Crippen LogP contribution in [0.4, 0.5) is 8.78 Å². The van der Waals surface area contributed by atoms with E-state index in [2.05, 4.69) is 0 Å². The maximum Gasteiger partial charge on any atom is 1.00 e. The Kier molecular flexibility index (Phi) is 6.13. The van der Waals surface area contributed by atoms with Crippen molar-refractivity contribution in [3.63, 3.8) is 0 Å². The number of carbonyl (C=O) groups excluding carboxylic acids is 1. The molecule has 0 saturated heterocycles. The Morgan fingerprint density at radius 3 is 1.71 bits per heavy atom. The quantitative estimate of drug-likeness (QED) is 0.512. The standard InChI is InChI=1S/C2H2F2O2.Ag/c3-1(4)2(5)6;/h1H,(H,5,6);/q;+1/p-1. The van der Waals surface area contributed by atoms with Gasteiger partial charge in [0.25, 0.3) is 6.43 Å². The molecule has 0 unspecified atom stereocenters. The summed E-state index contributed by atoms with van der Waals surface area (Å²) >= 11 is 0. The van der Waals surface area contributed by atoms with Gasteiger partial charge in [-0.3, -0.25) is 0 Å². The topological polar surface area (TPSA) is 40.1 Å². The molecule has 2 nitrogen and oxygen atoms in total. The third-order valence-electron chi connectivity index (χ3n) is 0.178. The van der Waals surface area contributed by atoms with Crippen molar-refractivity contribution in [1.29, 1.82) is 0 Å². The smallest absolute Gasteiger partial charge is 0.544 e. The molecule has 0 heterocycles. The zero-order valence-corrected chi connectivity index (χ0v) is 4.43. The monoisotopic (exact) mass is 202 g/mol. The molecule has 0 N–H and O–H groups in total. The number of hydrogen-bond donors (Lipinski definition) is 0. The third kappa shape index (κ3) is 6.07. The number of carboxylic acids is 1. The van der Waals surface area contributed by atoms with Crippen LogP contribution in [-0.2, 0) is 27.2 Å². The number of halogens is 2. The van der Waals surface area contributed by atoms with E-state index in [-0.39, 0.29) is 22.4 Å². The van der Waals surface area contributed by atoms with Gasteiger partial charge in [0, 0.05) is 0 Å². The van der Waals surface area contributed by atoms with Gasteiger partial charge < -0.3 is 9.90 Å². The van der Waals surface area contributed by atoms with Crippen molar-refractivity contribution in [3.05, 3.63) is 0 Å². The van der Waals surface area contributed by atoms with Gasteiger partial charge in [-0.05, 0) is 0 Å². The van der Waals surface area contributed by atoms with Crippen molar-refractivity contribution >= 4 is 5.97 Å². The zero-order chi connectivity index (χ0) is 5.15. The molecule has 0 rings (SSSR count). The second-order valence-electron chi connectivity index (χ2n) is 0.620. The first-order valence-corrected chi connectivity index (χ1v) is 1.13. The van der Waals surface area contributed by atoms with E-state index in [0.29, 0.717) is 0 Å². The molecule has 0 aliphatic carbocycles. The number of hydrogen-bond acceptors (Lipinski definition) is 2. The predicted octanol–water partition coefficient (Wildman–Crippen LogP) is -1.00. The van der Waals surface area contributed by atoms with Crippen LogP contribution in [0.2, 0.25) is 0 Å². The fraction of sp³-hybridized carbons (Fsp3) is 0.500. The maximum atomic E-state index is 10.5. The van der Waals surface area contributed by atoms with E-state index in [1.165, 1.54) is 0 Å². The molecular weight excluding hydrogens is 202 g/mol. The zero-order valence-electron chi connectivity index (χ0n) is 2.95. The molecule has 0 aromatic rings. The van der Waals surface area contributed by atoms with Crippen LogP contribution >= 0.6 is 0 Å². The molecule has 7 heavy (non-hydrogen) atoms. The molecule has 0 bridgehead atoms. The van der Waals surface area contributed by atoms with Gasteiger partial charge in [0.15, 0.2) is 0 Å². The minimum Gasteiger partial charge on any atom is -0.544 e. The molecule has 46 valence electrons. The third-order valence-corrected chi connectivity index (χ3v) is 0.178. The molecule has 0 aromatic heterocycles. The summed E-state index contributed by atoms with van der Waals surface area (Å²) in [5, 5.41) is 8.84. The van der Waals surface area contributed by atoms with Crippen molar-refractivity contribution < 1.29 is 41.1 Å². The van der Waals surface area contributed by atoms with Gasteiger partial charge in [-0.2, -0.15) is 0 Å². The normalized spacial score (nSPS) is 7.86. The summed E-state index contributed by atoms with van der Waals surface area (Å²) in [4.78, 5) is 8.84. The van der Waals surface area contributed by atoms with Crippen LogP contribution in [0.25, 0.3) is 0 Å². The van der Waals surface area contributed by atoms with Crippen LogP contribution < -0.4 is 5.11 Å². The first-order valence-electron chi connectivity index (χ1n) is 1.13. The van der Waals surface area contributed by atoms with Gasteiger partial charge in [0.05, 0.1) is 0 Å². The fourth-order valence-electron chi connectivity index (χ4n) is 0. The Morgan fingerprint density at radius 2 is 1.71 bits per heavy atom. The molecule has 0 spiro atoms. The van der Waals surface area contributed by atoms with E-state index in [1.54, 1.807) is 0 Å². The van der Waals surface area contributed by atoms with Crippen molar-refractivity contribution in [1.82, 2.24) is 0 Å². The predicted molar refractivity (Wildman–Crippen MR) is 11.0 cm³/mol. The SMILES string of the molecule is O=C([O-])C(F)F.[Ag+]. The Bertz CT molecular complexity index is 64.7. The molecule has 0 aliphatic heterocycles.